The molecule has 0 unspecified atom stereocenters. The van der Waals surface area contributed by atoms with Gasteiger partial charge in [-0.3, -0.25) is 4.79 Å². The van der Waals surface area contributed by atoms with Gasteiger partial charge in [0.25, 0.3) is 0 Å². The van der Waals surface area contributed by atoms with Crippen LogP contribution in [0.4, 0.5) is 5.95 Å². The molecule has 1 amide bonds. The van der Waals surface area contributed by atoms with Crippen molar-refractivity contribution in [2.75, 3.05) is 37.7 Å². The van der Waals surface area contributed by atoms with Gasteiger partial charge in [0.1, 0.15) is 5.75 Å². The first-order valence-corrected chi connectivity index (χ1v) is 10.1. The molecule has 1 fully saturated rings. The van der Waals surface area contributed by atoms with Crippen LogP contribution in [0.5, 0.6) is 5.75 Å². The third-order valence-electron chi connectivity index (χ3n) is 5.11. The number of hydrogen-bond donors (Lipinski definition) is 1. The Morgan fingerprint density at radius 3 is 2.79 bits per heavy atom. The fourth-order valence-corrected chi connectivity index (χ4v) is 3.61. The van der Waals surface area contributed by atoms with Crippen LogP contribution < -0.4 is 9.64 Å². The molecule has 2 aromatic carbocycles. The van der Waals surface area contributed by atoms with E-state index in [0.29, 0.717) is 13.2 Å². The first-order valence-electron chi connectivity index (χ1n) is 10.1. The first kappa shape index (κ1) is 19.1. The molecule has 0 bridgehead atoms. The van der Waals surface area contributed by atoms with E-state index in [0.717, 1.165) is 54.3 Å². The molecule has 0 aliphatic carbocycles. The highest BCUT2D eigenvalue weighted by atomic mass is 16.5. The number of rotatable bonds is 5. The summed E-state index contributed by atoms with van der Waals surface area (Å²) in [6, 6.07) is 15.8. The summed E-state index contributed by atoms with van der Waals surface area (Å²) in [5.41, 5.74) is 2.92. The number of anilines is 1. The molecule has 2 heterocycles. The summed E-state index contributed by atoms with van der Waals surface area (Å²) in [5, 5.41) is 0. The van der Waals surface area contributed by atoms with Gasteiger partial charge in [-0.1, -0.05) is 30.3 Å². The van der Waals surface area contributed by atoms with Crippen LogP contribution in [-0.2, 0) is 4.79 Å². The van der Waals surface area contributed by atoms with E-state index in [1.165, 1.54) is 0 Å². The standard InChI is InChI=1S/C23H26N4O2/c1-2-29-21-11-6-3-8-18(21)12-13-22(28)26-14-7-15-27(17-16-26)23-24-19-9-4-5-10-20(19)25-23/h3-6,8-13H,2,7,14-17H2,1H3,(H,24,25)/b13-12+. The molecule has 150 valence electrons. The monoisotopic (exact) mass is 390 g/mol. The number of nitrogens with zero attached hydrogens (tertiary/aromatic N) is 3. The van der Waals surface area contributed by atoms with E-state index in [2.05, 4.69) is 9.88 Å². The zero-order valence-corrected chi connectivity index (χ0v) is 16.7. The predicted molar refractivity (Wildman–Crippen MR) is 116 cm³/mol. The fourth-order valence-electron chi connectivity index (χ4n) is 3.61. The predicted octanol–water partition coefficient (Wildman–Crippen LogP) is 3.71. The molecule has 0 atom stereocenters. The summed E-state index contributed by atoms with van der Waals surface area (Å²) in [7, 11) is 0. The van der Waals surface area contributed by atoms with Crippen LogP contribution >= 0.6 is 0 Å². The van der Waals surface area contributed by atoms with Crippen LogP contribution in [-0.4, -0.2) is 53.6 Å². The van der Waals surface area contributed by atoms with E-state index < -0.39 is 0 Å². The minimum atomic E-state index is 0.0303. The number of hydrogen-bond acceptors (Lipinski definition) is 4. The van der Waals surface area contributed by atoms with Crippen molar-refractivity contribution in [3.8, 4) is 5.75 Å². The Balaban J connectivity index is 1.41. The summed E-state index contributed by atoms with van der Waals surface area (Å²) in [4.78, 5) is 24.9. The molecule has 4 rings (SSSR count). The zero-order chi connectivity index (χ0) is 20.1. The van der Waals surface area contributed by atoms with Gasteiger partial charge in [0.15, 0.2) is 0 Å². The average molecular weight is 390 g/mol. The Labute approximate surface area is 170 Å². The van der Waals surface area contributed by atoms with E-state index >= 15 is 0 Å². The third kappa shape index (κ3) is 4.42. The van der Waals surface area contributed by atoms with Crippen molar-refractivity contribution >= 4 is 29.0 Å². The number of amides is 1. The van der Waals surface area contributed by atoms with Gasteiger partial charge in [-0.2, -0.15) is 0 Å². The number of carbonyl (C=O) groups is 1. The number of H-pyrrole nitrogens is 1. The van der Waals surface area contributed by atoms with Gasteiger partial charge < -0.3 is 19.5 Å². The van der Waals surface area contributed by atoms with Crippen LogP contribution in [0.2, 0.25) is 0 Å². The van der Waals surface area contributed by atoms with Crippen molar-refractivity contribution in [1.29, 1.82) is 0 Å². The maximum absolute atomic E-state index is 12.7. The Morgan fingerprint density at radius 1 is 1.10 bits per heavy atom. The fraction of sp³-hybridized carbons (Fsp3) is 0.304. The number of imidazole rings is 1. The van der Waals surface area contributed by atoms with Crippen molar-refractivity contribution in [2.24, 2.45) is 0 Å². The van der Waals surface area contributed by atoms with Gasteiger partial charge in [-0.25, -0.2) is 4.98 Å². The van der Waals surface area contributed by atoms with Gasteiger partial charge in [0, 0.05) is 37.8 Å². The summed E-state index contributed by atoms with van der Waals surface area (Å²) < 4.78 is 5.63. The number of benzene rings is 2. The lowest BCUT2D eigenvalue weighted by molar-refractivity contribution is -0.125. The minimum Gasteiger partial charge on any atom is -0.493 e. The molecule has 6 nitrogen and oxygen atoms in total. The largest absolute Gasteiger partial charge is 0.493 e. The lowest BCUT2D eigenvalue weighted by Gasteiger charge is -2.20. The lowest BCUT2D eigenvalue weighted by Crippen LogP contribution is -2.34. The smallest absolute Gasteiger partial charge is 0.246 e. The first-order chi connectivity index (χ1) is 14.2. The van der Waals surface area contributed by atoms with Crippen molar-refractivity contribution in [1.82, 2.24) is 14.9 Å². The molecule has 0 saturated carbocycles. The highest BCUT2D eigenvalue weighted by molar-refractivity contribution is 5.92. The summed E-state index contributed by atoms with van der Waals surface area (Å²) in [6.45, 7) is 5.61. The van der Waals surface area contributed by atoms with Gasteiger partial charge >= 0.3 is 0 Å². The van der Waals surface area contributed by atoms with Gasteiger partial charge in [-0.15, -0.1) is 0 Å². The van der Waals surface area contributed by atoms with E-state index in [1.54, 1.807) is 6.08 Å². The van der Waals surface area contributed by atoms with Crippen LogP contribution in [0.25, 0.3) is 17.1 Å². The number of carbonyl (C=O) groups excluding carboxylic acids is 1. The maximum atomic E-state index is 12.7. The third-order valence-corrected chi connectivity index (χ3v) is 5.11. The van der Waals surface area contributed by atoms with Gasteiger partial charge in [0.2, 0.25) is 11.9 Å². The van der Waals surface area contributed by atoms with E-state index in [9.17, 15) is 4.79 Å². The second-order valence-electron chi connectivity index (χ2n) is 7.05. The molecule has 1 aromatic heterocycles. The van der Waals surface area contributed by atoms with Crippen molar-refractivity contribution < 1.29 is 9.53 Å². The molecular weight excluding hydrogens is 364 g/mol. The molecule has 29 heavy (non-hydrogen) atoms. The minimum absolute atomic E-state index is 0.0303. The highest BCUT2D eigenvalue weighted by Gasteiger charge is 2.19. The van der Waals surface area contributed by atoms with Crippen LogP contribution in [0.1, 0.15) is 18.9 Å². The number of para-hydroxylation sites is 3. The van der Waals surface area contributed by atoms with Crippen molar-refractivity contribution in [2.45, 2.75) is 13.3 Å². The Morgan fingerprint density at radius 2 is 1.93 bits per heavy atom. The van der Waals surface area contributed by atoms with Crippen molar-refractivity contribution in [3.63, 3.8) is 0 Å². The molecule has 0 radical (unpaired) electrons. The molecule has 6 heteroatoms. The van der Waals surface area contributed by atoms with E-state index in [1.807, 2.05) is 66.4 Å². The van der Waals surface area contributed by atoms with Crippen LogP contribution in [0, 0.1) is 0 Å². The average Bonchev–Trinajstić information content (AvgIpc) is 3.02. The number of aromatic amines is 1. The zero-order valence-electron chi connectivity index (χ0n) is 16.7. The number of ether oxygens (including phenoxy) is 1. The molecule has 1 aliphatic rings. The number of fused-ring (bicyclic) bond motifs is 1. The molecular formula is C23H26N4O2. The topological polar surface area (TPSA) is 61.5 Å². The van der Waals surface area contributed by atoms with Crippen molar-refractivity contribution in [3.05, 3.63) is 60.2 Å². The molecule has 0 spiro atoms. The SMILES string of the molecule is CCOc1ccccc1/C=C/C(=O)N1CCCN(c2nc3ccccc3[nH]2)CC1. The Hall–Kier alpha value is -3.28. The number of nitrogens with one attached hydrogen (secondary N) is 1. The van der Waals surface area contributed by atoms with Gasteiger partial charge in [-0.05, 0) is 37.6 Å². The van der Waals surface area contributed by atoms with Crippen LogP contribution in [0.15, 0.2) is 54.6 Å². The molecule has 1 aliphatic heterocycles. The quantitative estimate of drug-likeness (QED) is 0.675. The van der Waals surface area contributed by atoms with E-state index in [4.69, 9.17) is 9.72 Å². The summed E-state index contributed by atoms with van der Waals surface area (Å²) >= 11 is 0. The molecule has 3 aromatic rings. The Bertz CT molecular complexity index is 978. The summed E-state index contributed by atoms with van der Waals surface area (Å²) in [5.74, 6) is 1.70. The van der Waals surface area contributed by atoms with Crippen LogP contribution in [0.3, 0.4) is 0 Å². The second-order valence-corrected chi connectivity index (χ2v) is 7.05. The summed E-state index contributed by atoms with van der Waals surface area (Å²) in [6.07, 6.45) is 4.40. The highest BCUT2D eigenvalue weighted by Crippen LogP contribution is 2.20. The maximum Gasteiger partial charge on any atom is 0.246 e. The molecule has 1 saturated heterocycles. The number of aromatic nitrogens is 2. The second kappa shape index (κ2) is 8.82. The molecule has 1 N–H and O–H groups in total. The Kier molecular flexibility index (Phi) is 5.79. The normalized spacial score (nSPS) is 15.1. The lowest BCUT2D eigenvalue weighted by atomic mass is 10.2. The van der Waals surface area contributed by atoms with Gasteiger partial charge in [0.05, 0.1) is 17.6 Å². The van der Waals surface area contributed by atoms with E-state index in [-0.39, 0.29) is 5.91 Å².